The number of nitrogens with one attached hydrogen (secondary N) is 1. The minimum atomic E-state index is -3.88. The van der Waals surface area contributed by atoms with Crippen molar-refractivity contribution in [1.29, 1.82) is 0 Å². The van der Waals surface area contributed by atoms with Gasteiger partial charge in [0.2, 0.25) is 10.0 Å². The van der Waals surface area contributed by atoms with Gasteiger partial charge < -0.3 is 4.74 Å². The van der Waals surface area contributed by atoms with Crippen LogP contribution in [0, 0.1) is 27.7 Å². The minimum Gasteiger partial charge on any atom is -0.460 e. The Morgan fingerprint density at radius 2 is 1.67 bits per heavy atom. The molecule has 0 fully saturated rings. The highest BCUT2D eigenvalue weighted by molar-refractivity contribution is 7.89. The summed E-state index contributed by atoms with van der Waals surface area (Å²) in [5.74, 6) is -0.668. The highest BCUT2D eigenvalue weighted by Crippen LogP contribution is 2.26. The maximum absolute atomic E-state index is 12.9. The van der Waals surface area contributed by atoms with Crippen molar-refractivity contribution in [2.45, 2.75) is 52.2 Å². The third-order valence-corrected chi connectivity index (χ3v) is 6.76. The van der Waals surface area contributed by atoms with E-state index in [-0.39, 0.29) is 11.5 Å². The summed E-state index contributed by atoms with van der Waals surface area (Å²) in [5.41, 5.74) is 3.76. The Morgan fingerprint density at radius 1 is 1.11 bits per heavy atom. The summed E-state index contributed by atoms with van der Waals surface area (Å²) in [6.45, 7) is 8.68. The number of sulfonamides is 1. The van der Waals surface area contributed by atoms with Crippen molar-refractivity contribution >= 4 is 27.6 Å². The maximum Gasteiger partial charge on any atom is 0.324 e. The Balaban J connectivity index is 2.16. The zero-order valence-corrected chi connectivity index (χ0v) is 17.7. The van der Waals surface area contributed by atoms with Crippen molar-refractivity contribution in [3.05, 3.63) is 63.2 Å². The van der Waals surface area contributed by atoms with Crippen LogP contribution in [-0.4, -0.2) is 20.4 Å². The Morgan fingerprint density at radius 3 is 2.22 bits per heavy atom. The molecular weight excluding hydrogens is 386 g/mol. The molecule has 0 radical (unpaired) electrons. The van der Waals surface area contributed by atoms with Crippen molar-refractivity contribution in [3.63, 3.8) is 0 Å². The van der Waals surface area contributed by atoms with Gasteiger partial charge in [-0.25, -0.2) is 8.42 Å². The van der Waals surface area contributed by atoms with Crippen molar-refractivity contribution in [3.8, 4) is 0 Å². The molecule has 0 aliphatic carbocycles. The molecule has 0 saturated heterocycles. The van der Waals surface area contributed by atoms with Gasteiger partial charge in [-0.1, -0.05) is 35.9 Å². The summed E-state index contributed by atoms with van der Waals surface area (Å²) < 4.78 is 33.4. The summed E-state index contributed by atoms with van der Waals surface area (Å²) in [6.07, 6.45) is 0. The highest BCUT2D eigenvalue weighted by atomic mass is 35.5. The lowest BCUT2D eigenvalue weighted by Gasteiger charge is -2.19. The monoisotopic (exact) mass is 409 g/mol. The lowest BCUT2D eigenvalue weighted by Crippen LogP contribution is -2.40. The van der Waals surface area contributed by atoms with Gasteiger partial charge in [-0.05, 0) is 62.9 Å². The van der Waals surface area contributed by atoms with Crippen molar-refractivity contribution < 1.29 is 17.9 Å². The lowest BCUT2D eigenvalue weighted by molar-refractivity contribution is -0.146. The molecule has 0 bridgehead atoms. The minimum absolute atomic E-state index is 0.0216. The number of carbonyl (C=O) groups is 1. The van der Waals surface area contributed by atoms with Crippen LogP contribution in [0.4, 0.5) is 0 Å². The third kappa shape index (κ3) is 4.89. The van der Waals surface area contributed by atoms with E-state index in [2.05, 4.69) is 4.72 Å². The van der Waals surface area contributed by atoms with Gasteiger partial charge >= 0.3 is 5.97 Å². The molecule has 0 aromatic heterocycles. The topological polar surface area (TPSA) is 72.5 Å². The van der Waals surface area contributed by atoms with E-state index in [9.17, 15) is 13.2 Å². The highest BCUT2D eigenvalue weighted by Gasteiger charge is 2.27. The molecule has 0 aliphatic rings. The second kappa shape index (κ2) is 8.42. The maximum atomic E-state index is 12.9. The van der Waals surface area contributed by atoms with Crippen LogP contribution in [0.3, 0.4) is 0 Å². The molecule has 1 N–H and O–H groups in total. The molecule has 7 heteroatoms. The van der Waals surface area contributed by atoms with Gasteiger partial charge in [-0.3, -0.25) is 4.79 Å². The van der Waals surface area contributed by atoms with Crippen LogP contribution in [0.25, 0.3) is 0 Å². The first kappa shape index (κ1) is 21.4. The van der Waals surface area contributed by atoms with Crippen LogP contribution >= 0.6 is 11.6 Å². The summed E-state index contributed by atoms with van der Waals surface area (Å²) in [4.78, 5) is 12.5. The Hall–Kier alpha value is -1.89. The molecule has 1 atom stereocenters. The van der Waals surface area contributed by atoms with Crippen LogP contribution < -0.4 is 4.72 Å². The molecule has 0 unspecified atom stereocenters. The summed E-state index contributed by atoms with van der Waals surface area (Å²) >= 11 is 6.04. The predicted octanol–water partition coefficient (Wildman–Crippen LogP) is 3.98. The van der Waals surface area contributed by atoms with Gasteiger partial charge in [0.25, 0.3) is 0 Å². The van der Waals surface area contributed by atoms with Crippen LogP contribution in [0.5, 0.6) is 0 Å². The molecule has 0 saturated carbocycles. The number of benzene rings is 2. The Bertz CT molecular complexity index is 944. The first-order valence-corrected chi connectivity index (χ1v) is 10.4. The summed E-state index contributed by atoms with van der Waals surface area (Å²) in [5, 5.41) is 0.486. The zero-order valence-electron chi connectivity index (χ0n) is 16.1. The third-order valence-electron chi connectivity index (χ3n) is 4.58. The molecule has 0 aliphatic heterocycles. The Kier molecular flexibility index (Phi) is 6.68. The first-order valence-electron chi connectivity index (χ1n) is 8.54. The van der Waals surface area contributed by atoms with Crippen LogP contribution in [0.1, 0.15) is 34.7 Å². The number of carbonyl (C=O) groups excluding carboxylic acids is 1. The number of halogens is 1. The van der Waals surface area contributed by atoms with Crippen molar-refractivity contribution in [1.82, 2.24) is 4.72 Å². The number of rotatable bonds is 6. The van der Waals surface area contributed by atoms with E-state index in [1.807, 2.05) is 19.9 Å². The Labute approximate surface area is 165 Å². The van der Waals surface area contributed by atoms with E-state index < -0.39 is 22.0 Å². The van der Waals surface area contributed by atoms with E-state index in [1.165, 1.54) is 6.92 Å². The second-order valence-corrected chi connectivity index (χ2v) is 8.69. The van der Waals surface area contributed by atoms with Gasteiger partial charge in [0.15, 0.2) is 0 Å². The van der Waals surface area contributed by atoms with E-state index in [0.717, 1.165) is 11.1 Å². The van der Waals surface area contributed by atoms with Crippen molar-refractivity contribution in [2.75, 3.05) is 0 Å². The van der Waals surface area contributed by atoms with Gasteiger partial charge in [0, 0.05) is 10.6 Å². The summed E-state index contributed by atoms with van der Waals surface area (Å²) in [6, 6.07) is 7.92. The molecule has 2 aromatic carbocycles. The predicted molar refractivity (Wildman–Crippen MR) is 106 cm³/mol. The number of esters is 1. The average Bonchev–Trinajstić information content (AvgIpc) is 2.58. The summed E-state index contributed by atoms with van der Waals surface area (Å²) in [7, 11) is -3.88. The van der Waals surface area contributed by atoms with E-state index in [0.29, 0.717) is 21.7 Å². The van der Waals surface area contributed by atoms with Gasteiger partial charge in [0.1, 0.15) is 12.6 Å². The fourth-order valence-electron chi connectivity index (χ4n) is 2.81. The fraction of sp³-hybridized carbons (Fsp3) is 0.350. The van der Waals surface area contributed by atoms with Gasteiger partial charge in [-0.2, -0.15) is 4.72 Å². The zero-order chi connectivity index (χ0) is 20.4. The molecule has 0 heterocycles. The molecule has 146 valence electrons. The molecular formula is C20H24ClNO4S. The van der Waals surface area contributed by atoms with Gasteiger partial charge in [-0.15, -0.1) is 0 Å². The van der Waals surface area contributed by atoms with E-state index >= 15 is 0 Å². The molecule has 0 spiro atoms. The van der Waals surface area contributed by atoms with Crippen LogP contribution in [0.2, 0.25) is 5.02 Å². The molecule has 0 amide bonds. The lowest BCUT2D eigenvalue weighted by atomic mass is 10.0. The van der Waals surface area contributed by atoms with Gasteiger partial charge in [0.05, 0.1) is 4.90 Å². The number of ether oxygens (including phenoxy) is 1. The fourth-order valence-corrected chi connectivity index (χ4v) is 4.81. The number of aryl methyl sites for hydroxylation is 2. The van der Waals surface area contributed by atoms with Crippen LogP contribution in [0.15, 0.2) is 35.2 Å². The average molecular weight is 410 g/mol. The SMILES string of the molecule is Cc1cc(C)c(C)c(S(=O)(=O)N[C@H](C)C(=O)OCc2ccccc2Cl)c1C. The molecule has 2 rings (SSSR count). The number of hydrogen-bond donors (Lipinski definition) is 1. The second-order valence-electron chi connectivity index (χ2n) is 6.63. The largest absolute Gasteiger partial charge is 0.460 e. The smallest absolute Gasteiger partial charge is 0.324 e. The molecule has 5 nitrogen and oxygen atoms in total. The molecule has 27 heavy (non-hydrogen) atoms. The quantitative estimate of drug-likeness (QED) is 0.732. The van der Waals surface area contributed by atoms with Crippen LogP contribution in [-0.2, 0) is 26.2 Å². The molecule has 2 aromatic rings. The normalized spacial score (nSPS) is 12.7. The van der Waals surface area contributed by atoms with E-state index in [4.69, 9.17) is 16.3 Å². The first-order chi connectivity index (χ1) is 12.5. The van der Waals surface area contributed by atoms with E-state index in [1.54, 1.807) is 38.1 Å². The van der Waals surface area contributed by atoms with Crippen molar-refractivity contribution in [2.24, 2.45) is 0 Å². The number of hydrogen-bond acceptors (Lipinski definition) is 4. The standard InChI is InChI=1S/C20H24ClNO4S/c1-12-10-13(2)15(4)19(14(12)3)27(24,25)22-16(5)20(23)26-11-17-8-6-7-9-18(17)21/h6-10,16,22H,11H2,1-5H3/t16-/m1/s1.